The number of nitrogens with one attached hydrogen (secondary N) is 2. The van der Waals surface area contributed by atoms with Crippen LogP contribution in [0, 0.1) is 0 Å². The minimum atomic E-state index is -0.715. The number of benzene rings is 2. The van der Waals surface area contributed by atoms with Crippen molar-refractivity contribution in [2.45, 2.75) is 45.4 Å². The zero-order valence-corrected chi connectivity index (χ0v) is 24.8. The van der Waals surface area contributed by atoms with Crippen molar-refractivity contribution in [2.75, 3.05) is 20.3 Å². The number of H-pyrrole nitrogens is 1. The number of carbonyl (C=O) groups excluding carboxylic acids is 2. The topological polar surface area (TPSA) is 103 Å². The lowest BCUT2D eigenvalue weighted by atomic mass is 9.80. The molecule has 216 valence electrons. The molecule has 0 spiro atoms. The number of rotatable bonds is 12. The Labute approximate surface area is 249 Å². The van der Waals surface area contributed by atoms with Crippen LogP contribution >= 0.6 is 23.2 Å². The third-order valence-corrected chi connectivity index (χ3v) is 7.56. The van der Waals surface area contributed by atoms with Gasteiger partial charge in [0.2, 0.25) is 5.88 Å². The van der Waals surface area contributed by atoms with Crippen LogP contribution in [0.2, 0.25) is 10.0 Å². The van der Waals surface area contributed by atoms with E-state index in [9.17, 15) is 9.59 Å². The van der Waals surface area contributed by atoms with Crippen molar-refractivity contribution in [1.29, 1.82) is 0 Å². The summed E-state index contributed by atoms with van der Waals surface area (Å²) in [6.07, 6.45) is 3.33. The van der Waals surface area contributed by atoms with E-state index in [0.717, 1.165) is 30.5 Å². The highest BCUT2D eigenvalue weighted by molar-refractivity contribution is 6.42. The largest absolute Gasteiger partial charge is 0.477 e. The fourth-order valence-electron chi connectivity index (χ4n) is 4.79. The third-order valence-electron chi connectivity index (χ3n) is 6.82. The number of carbonyl (C=O) groups is 2. The number of nitrogens with zero attached hydrogens (tertiary/aromatic N) is 1. The Kier molecular flexibility index (Phi) is 10.5. The van der Waals surface area contributed by atoms with Crippen LogP contribution in [0.3, 0.4) is 0 Å². The molecule has 0 saturated heterocycles. The fraction of sp³-hybridized carbons (Fsp3) is 0.323. The molecule has 10 heteroatoms. The van der Waals surface area contributed by atoms with Crippen LogP contribution in [0.4, 0.5) is 0 Å². The van der Waals surface area contributed by atoms with Crippen molar-refractivity contribution in [3.8, 4) is 17.1 Å². The fourth-order valence-corrected chi connectivity index (χ4v) is 5.10. The molecule has 0 bridgehead atoms. The molecule has 0 aliphatic carbocycles. The van der Waals surface area contributed by atoms with Gasteiger partial charge >= 0.3 is 11.9 Å². The van der Waals surface area contributed by atoms with Crippen molar-refractivity contribution < 1.29 is 23.8 Å². The summed E-state index contributed by atoms with van der Waals surface area (Å²) < 4.78 is 16.5. The standard InChI is InChI=1S/C31H33Cl2N3O5/c1-19-27(30(37)39-3)29(22-13-14-23(32)24(33)17-22)28(20(2)34-19)31(38)41-16-10-5-4-9-15-40-26-18-25(35-36-26)21-11-7-6-8-12-21/h6-8,11-14,17-18,29,34H,4-5,9-10,15-16H2,1-3H3,(H,35,36). The molecule has 2 heterocycles. The molecule has 1 aliphatic heterocycles. The highest BCUT2D eigenvalue weighted by atomic mass is 35.5. The van der Waals surface area contributed by atoms with E-state index in [2.05, 4.69) is 15.5 Å². The van der Waals surface area contributed by atoms with Crippen molar-refractivity contribution >= 4 is 35.1 Å². The summed E-state index contributed by atoms with van der Waals surface area (Å²) in [5, 5.41) is 11.0. The van der Waals surface area contributed by atoms with Gasteiger partial charge in [0.25, 0.3) is 0 Å². The second-order valence-corrected chi connectivity index (χ2v) is 10.5. The predicted octanol–water partition coefficient (Wildman–Crippen LogP) is 6.97. The number of hydrogen-bond acceptors (Lipinski definition) is 7. The Bertz CT molecular complexity index is 1450. The van der Waals surface area contributed by atoms with Gasteiger partial charge in [0.05, 0.1) is 53.1 Å². The number of hydrogen-bond donors (Lipinski definition) is 2. The molecule has 2 N–H and O–H groups in total. The Morgan fingerprint density at radius 3 is 2.22 bits per heavy atom. The monoisotopic (exact) mass is 597 g/mol. The summed E-state index contributed by atoms with van der Waals surface area (Å²) in [5.41, 5.74) is 4.44. The van der Waals surface area contributed by atoms with Gasteiger partial charge in [-0.05, 0) is 62.8 Å². The highest BCUT2D eigenvalue weighted by Crippen LogP contribution is 2.40. The lowest BCUT2D eigenvalue weighted by Gasteiger charge is -2.30. The summed E-state index contributed by atoms with van der Waals surface area (Å²) in [7, 11) is 1.31. The van der Waals surface area contributed by atoms with Crippen molar-refractivity contribution in [3.05, 3.63) is 92.7 Å². The van der Waals surface area contributed by atoms with E-state index in [1.165, 1.54) is 7.11 Å². The van der Waals surface area contributed by atoms with E-state index in [4.69, 9.17) is 37.4 Å². The van der Waals surface area contributed by atoms with E-state index in [0.29, 0.717) is 57.1 Å². The van der Waals surface area contributed by atoms with Crippen LogP contribution in [-0.2, 0) is 19.1 Å². The number of esters is 2. The Morgan fingerprint density at radius 1 is 0.854 bits per heavy atom. The Hall–Kier alpha value is -3.75. The van der Waals surface area contributed by atoms with Crippen LogP contribution in [0.5, 0.6) is 5.88 Å². The maximum atomic E-state index is 13.3. The van der Waals surface area contributed by atoms with Crippen LogP contribution < -0.4 is 10.1 Å². The van der Waals surface area contributed by atoms with E-state index < -0.39 is 17.9 Å². The van der Waals surface area contributed by atoms with Gasteiger partial charge in [-0.3, -0.25) is 5.10 Å². The SMILES string of the molecule is COC(=O)C1=C(C)NC(C)=C(C(=O)OCCCCCCOc2cc(-c3ccccc3)[nH]n2)C1c1ccc(Cl)c(Cl)c1. The first-order valence-electron chi connectivity index (χ1n) is 13.4. The number of halogens is 2. The van der Waals surface area contributed by atoms with E-state index in [1.54, 1.807) is 32.0 Å². The number of aromatic amines is 1. The van der Waals surface area contributed by atoms with Gasteiger partial charge in [-0.25, -0.2) is 9.59 Å². The third kappa shape index (κ3) is 7.51. The van der Waals surface area contributed by atoms with Gasteiger partial charge in [0, 0.05) is 17.5 Å². The summed E-state index contributed by atoms with van der Waals surface area (Å²) in [5.74, 6) is -1.20. The minimum absolute atomic E-state index is 0.251. The van der Waals surface area contributed by atoms with Gasteiger partial charge in [-0.2, -0.15) is 0 Å². The number of dihydropyridines is 1. The first kappa shape index (κ1) is 30.2. The number of aromatic nitrogens is 2. The van der Waals surface area contributed by atoms with E-state index >= 15 is 0 Å². The zero-order valence-electron chi connectivity index (χ0n) is 23.3. The summed E-state index contributed by atoms with van der Waals surface area (Å²) in [4.78, 5) is 26.1. The molecule has 41 heavy (non-hydrogen) atoms. The van der Waals surface area contributed by atoms with E-state index in [-0.39, 0.29) is 6.61 Å². The lowest BCUT2D eigenvalue weighted by molar-refractivity contribution is -0.139. The van der Waals surface area contributed by atoms with Gasteiger partial charge in [-0.1, -0.05) is 59.6 Å². The average molecular weight is 599 g/mol. The first-order chi connectivity index (χ1) is 19.8. The van der Waals surface area contributed by atoms with Crippen molar-refractivity contribution in [3.63, 3.8) is 0 Å². The molecule has 8 nitrogen and oxygen atoms in total. The van der Waals surface area contributed by atoms with Gasteiger partial charge in [0.1, 0.15) is 0 Å². The normalized spacial score (nSPS) is 15.0. The second-order valence-electron chi connectivity index (χ2n) is 9.68. The molecule has 1 unspecified atom stereocenters. The maximum absolute atomic E-state index is 13.3. The van der Waals surface area contributed by atoms with Crippen LogP contribution in [0.25, 0.3) is 11.3 Å². The second kappa shape index (κ2) is 14.2. The van der Waals surface area contributed by atoms with Crippen LogP contribution in [0.1, 0.15) is 51.0 Å². The summed E-state index contributed by atoms with van der Waals surface area (Å²) in [6, 6.07) is 16.9. The zero-order chi connectivity index (χ0) is 29.4. The quantitative estimate of drug-likeness (QED) is 0.171. The maximum Gasteiger partial charge on any atom is 0.336 e. The minimum Gasteiger partial charge on any atom is -0.477 e. The van der Waals surface area contributed by atoms with Gasteiger partial charge in [-0.15, -0.1) is 5.10 Å². The number of ether oxygens (including phenoxy) is 3. The Morgan fingerprint density at radius 2 is 1.54 bits per heavy atom. The van der Waals surface area contributed by atoms with Gasteiger partial charge < -0.3 is 19.5 Å². The molecule has 1 aromatic heterocycles. The first-order valence-corrected chi connectivity index (χ1v) is 14.2. The Balaban J connectivity index is 1.28. The average Bonchev–Trinajstić information content (AvgIpc) is 3.44. The van der Waals surface area contributed by atoms with E-state index in [1.807, 2.05) is 36.4 Å². The van der Waals surface area contributed by atoms with Crippen molar-refractivity contribution in [1.82, 2.24) is 15.5 Å². The molecule has 1 aliphatic rings. The number of methoxy groups -OCH3 is 1. The number of unbranched alkanes of at least 4 members (excludes halogenated alkanes) is 3. The molecule has 0 amide bonds. The molecule has 0 radical (unpaired) electrons. The molecule has 1 atom stereocenters. The van der Waals surface area contributed by atoms with Crippen LogP contribution in [0.15, 0.2) is 77.1 Å². The predicted molar refractivity (Wildman–Crippen MR) is 159 cm³/mol. The molecule has 0 fully saturated rings. The van der Waals surface area contributed by atoms with Crippen LogP contribution in [-0.4, -0.2) is 42.5 Å². The van der Waals surface area contributed by atoms with Gasteiger partial charge in [0.15, 0.2) is 0 Å². The molecule has 2 aromatic carbocycles. The molecular weight excluding hydrogens is 565 g/mol. The molecule has 4 rings (SSSR count). The molecular formula is C31H33Cl2N3O5. The molecule has 3 aromatic rings. The molecule has 0 saturated carbocycles. The summed E-state index contributed by atoms with van der Waals surface area (Å²) >= 11 is 12.4. The highest BCUT2D eigenvalue weighted by Gasteiger charge is 2.38. The smallest absolute Gasteiger partial charge is 0.336 e. The van der Waals surface area contributed by atoms with Crippen molar-refractivity contribution in [2.24, 2.45) is 0 Å². The lowest BCUT2D eigenvalue weighted by Crippen LogP contribution is -2.32. The number of allylic oxidation sites excluding steroid dienone is 2. The summed E-state index contributed by atoms with van der Waals surface area (Å²) in [6.45, 7) is 4.34.